The molecule has 0 aromatic rings. The Morgan fingerprint density at radius 2 is 1.84 bits per heavy atom. The molecule has 0 aliphatic carbocycles. The standard InChI is InChI=1S/C12H20N2O5/c1-17-12(16)10-9-19-7-4-14(10)8-11(15)13-2-5-18-6-3-13/h10H,2-9H2,1H3. The van der Waals surface area contributed by atoms with Crippen molar-refractivity contribution in [2.75, 3.05) is 59.7 Å². The predicted molar refractivity (Wildman–Crippen MR) is 65.6 cm³/mol. The van der Waals surface area contributed by atoms with Crippen LogP contribution < -0.4 is 0 Å². The molecule has 1 amide bonds. The second kappa shape index (κ2) is 6.83. The fraction of sp³-hybridized carbons (Fsp3) is 0.833. The number of methoxy groups -OCH3 is 1. The van der Waals surface area contributed by atoms with Gasteiger partial charge in [-0.05, 0) is 0 Å². The molecular formula is C12H20N2O5. The summed E-state index contributed by atoms with van der Waals surface area (Å²) in [7, 11) is 1.35. The van der Waals surface area contributed by atoms with Gasteiger partial charge < -0.3 is 19.1 Å². The molecule has 0 N–H and O–H groups in total. The number of amides is 1. The highest BCUT2D eigenvalue weighted by molar-refractivity contribution is 5.80. The van der Waals surface area contributed by atoms with E-state index in [2.05, 4.69) is 0 Å². The number of rotatable bonds is 3. The SMILES string of the molecule is COC(=O)C1COCCN1CC(=O)N1CCOCC1. The van der Waals surface area contributed by atoms with Gasteiger partial charge in [-0.1, -0.05) is 0 Å². The van der Waals surface area contributed by atoms with E-state index in [1.54, 1.807) is 4.90 Å². The molecule has 2 saturated heterocycles. The van der Waals surface area contributed by atoms with Crippen LogP contribution in [-0.2, 0) is 23.8 Å². The number of carbonyl (C=O) groups excluding carboxylic acids is 2. The molecule has 2 aliphatic rings. The minimum Gasteiger partial charge on any atom is -0.468 e. The van der Waals surface area contributed by atoms with Gasteiger partial charge in [0.2, 0.25) is 5.91 Å². The molecule has 0 saturated carbocycles. The predicted octanol–water partition coefficient (Wildman–Crippen LogP) is -1.28. The number of hydrogen-bond donors (Lipinski definition) is 0. The first-order chi connectivity index (χ1) is 9.22. The Balaban J connectivity index is 1.91. The third-order valence-corrected chi connectivity index (χ3v) is 3.41. The number of morpholine rings is 2. The van der Waals surface area contributed by atoms with Crippen molar-refractivity contribution in [3.63, 3.8) is 0 Å². The summed E-state index contributed by atoms with van der Waals surface area (Å²) >= 11 is 0. The van der Waals surface area contributed by atoms with E-state index in [0.29, 0.717) is 39.5 Å². The van der Waals surface area contributed by atoms with E-state index in [4.69, 9.17) is 14.2 Å². The Labute approximate surface area is 112 Å². The smallest absolute Gasteiger partial charge is 0.325 e. The average Bonchev–Trinajstić information content (AvgIpc) is 2.48. The molecule has 2 fully saturated rings. The summed E-state index contributed by atoms with van der Waals surface area (Å²) in [6.45, 7) is 3.99. The fourth-order valence-corrected chi connectivity index (χ4v) is 2.27. The van der Waals surface area contributed by atoms with E-state index in [1.165, 1.54) is 7.11 Å². The summed E-state index contributed by atoms with van der Waals surface area (Å²) in [6.07, 6.45) is 0. The van der Waals surface area contributed by atoms with E-state index in [-0.39, 0.29) is 25.0 Å². The van der Waals surface area contributed by atoms with Crippen molar-refractivity contribution in [1.82, 2.24) is 9.80 Å². The number of carbonyl (C=O) groups is 2. The van der Waals surface area contributed by atoms with Crippen molar-refractivity contribution in [2.24, 2.45) is 0 Å². The maximum absolute atomic E-state index is 12.2. The second-order valence-corrected chi connectivity index (χ2v) is 4.58. The Hall–Kier alpha value is -1.18. The van der Waals surface area contributed by atoms with Gasteiger partial charge in [0.05, 0.1) is 40.1 Å². The van der Waals surface area contributed by atoms with Gasteiger partial charge in [-0.15, -0.1) is 0 Å². The normalized spacial score (nSPS) is 25.1. The first-order valence-corrected chi connectivity index (χ1v) is 6.47. The van der Waals surface area contributed by atoms with Crippen LogP contribution in [0.2, 0.25) is 0 Å². The maximum Gasteiger partial charge on any atom is 0.325 e. The van der Waals surface area contributed by atoms with Crippen LogP contribution in [0.1, 0.15) is 0 Å². The van der Waals surface area contributed by atoms with Gasteiger partial charge in [-0.25, -0.2) is 0 Å². The fourth-order valence-electron chi connectivity index (χ4n) is 2.27. The van der Waals surface area contributed by atoms with Crippen LogP contribution in [0.5, 0.6) is 0 Å². The van der Waals surface area contributed by atoms with Gasteiger partial charge in [0.25, 0.3) is 0 Å². The number of nitrogens with zero attached hydrogens (tertiary/aromatic N) is 2. The van der Waals surface area contributed by atoms with Gasteiger partial charge in [-0.2, -0.15) is 0 Å². The van der Waals surface area contributed by atoms with E-state index < -0.39 is 6.04 Å². The van der Waals surface area contributed by atoms with Crippen LogP contribution in [0.25, 0.3) is 0 Å². The zero-order valence-corrected chi connectivity index (χ0v) is 11.2. The molecule has 2 aliphatic heterocycles. The molecule has 108 valence electrons. The number of ether oxygens (including phenoxy) is 3. The molecule has 7 nitrogen and oxygen atoms in total. The Morgan fingerprint density at radius 1 is 1.16 bits per heavy atom. The zero-order chi connectivity index (χ0) is 13.7. The molecule has 7 heteroatoms. The van der Waals surface area contributed by atoms with Crippen molar-refractivity contribution < 1.29 is 23.8 Å². The lowest BCUT2D eigenvalue weighted by molar-refractivity contribution is -0.155. The molecule has 19 heavy (non-hydrogen) atoms. The number of esters is 1. The monoisotopic (exact) mass is 272 g/mol. The third-order valence-electron chi connectivity index (χ3n) is 3.41. The lowest BCUT2D eigenvalue weighted by Crippen LogP contribution is -2.54. The minimum atomic E-state index is -0.483. The molecular weight excluding hydrogens is 252 g/mol. The van der Waals surface area contributed by atoms with Gasteiger partial charge >= 0.3 is 5.97 Å². The molecule has 2 heterocycles. The van der Waals surface area contributed by atoms with Crippen molar-refractivity contribution in [3.05, 3.63) is 0 Å². The van der Waals surface area contributed by atoms with Gasteiger partial charge in [0.1, 0.15) is 6.04 Å². The largest absolute Gasteiger partial charge is 0.468 e. The van der Waals surface area contributed by atoms with Crippen LogP contribution in [0.4, 0.5) is 0 Å². The minimum absolute atomic E-state index is 0.0269. The van der Waals surface area contributed by atoms with Crippen molar-refractivity contribution in [1.29, 1.82) is 0 Å². The van der Waals surface area contributed by atoms with Crippen LogP contribution >= 0.6 is 0 Å². The van der Waals surface area contributed by atoms with E-state index in [0.717, 1.165) is 0 Å². The molecule has 0 bridgehead atoms. The quantitative estimate of drug-likeness (QED) is 0.596. The highest BCUT2D eigenvalue weighted by Crippen LogP contribution is 2.09. The van der Waals surface area contributed by atoms with E-state index in [1.807, 2.05) is 4.90 Å². The summed E-state index contributed by atoms with van der Waals surface area (Å²) < 4.78 is 15.2. The molecule has 0 aromatic carbocycles. The molecule has 0 spiro atoms. The van der Waals surface area contributed by atoms with Crippen LogP contribution in [0.15, 0.2) is 0 Å². The van der Waals surface area contributed by atoms with E-state index in [9.17, 15) is 9.59 Å². The highest BCUT2D eigenvalue weighted by Gasteiger charge is 2.32. The zero-order valence-electron chi connectivity index (χ0n) is 11.2. The molecule has 2 rings (SSSR count). The van der Waals surface area contributed by atoms with Crippen LogP contribution in [-0.4, -0.2) is 87.4 Å². The maximum atomic E-state index is 12.2. The lowest BCUT2D eigenvalue weighted by Gasteiger charge is -2.35. The summed E-state index contributed by atoms with van der Waals surface area (Å²) in [5, 5.41) is 0. The van der Waals surface area contributed by atoms with Gasteiger partial charge in [0, 0.05) is 19.6 Å². The van der Waals surface area contributed by atoms with Crippen molar-refractivity contribution in [3.8, 4) is 0 Å². The van der Waals surface area contributed by atoms with Crippen LogP contribution in [0.3, 0.4) is 0 Å². The summed E-state index contributed by atoms with van der Waals surface area (Å²) in [4.78, 5) is 27.4. The highest BCUT2D eigenvalue weighted by atomic mass is 16.5. The molecule has 0 radical (unpaired) electrons. The van der Waals surface area contributed by atoms with Gasteiger partial charge in [-0.3, -0.25) is 14.5 Å². The van der Waals surface area contributed by atoms with Crippen molar-refractivity contribution in [2.45, 2.75) is 6.04 Å². The van der Waals surface area contributed by atoms with Crippen LogP contribution in [0, 0.1) is 0 Å². The van der Waals surface area contributed by atoms with E-state index >= 15 is 0 Å². The first-order valence-electron chi connectivity index (χ1n) is 6.47. The lowest BCUT2D eigenvalue weighted by atomic mass is 10.2. The third kappa shape index (κ3) is 3.65. The van der Waals surface area contributed by atoms with Crippen molar-refractivity contribution >= 4 is 11.9 Å². The first kappa shape index (κ1) is 14.2. The summed E-state index contributed by atoms with van der Waals surface area (Å²) in [5.41, 5.74) is 0. The molecule has 0 aromatic heterocycles. The Kier molecular flexibility index (Phi) is 5.12. The van der Waals surface area contributed by atoms with Gasteiger partial charge in [0.15, 0.2) is 0 Å². The molecule has 1 atom stereocenters. The Morgan fingerprint density at radius 3 is 2.53 bits per heavy atom. The molecule has 1 unspecified atom stereocenters. The number of hydrogen-bond acceptors (Lipinski definition) is 6. The second-order valence-electron chi connectivity index (χ2n) is 4.58. The Bertz CT molecular complexity index is 330. The summed E-state index contributed by atoms with van der Waals surface area (Å²) in [6, 6.07) is -0.483. The average molecular weight is 272 g/mol. The topological polar surface area (TPSA) is 68.3 Å². The summed E-state index contributed by atoms with van der Waals surface area (Å²) in [5.74, 6) is -0.325.